The van der Waals surface area contributed by atoms with Crippen molar-refractivity contribution in [3.63, 3.8) is 0 Å². The van der Waals surface area contributed by atoms with Crippen LogP contribution in [-0.4, -0.2) is 61.9 Å². The summed E-state index contributed by atoms with van der Waals surface area (Å²) in [6, 6.07) is 17.5. The van der Waals surface area contributed by atoms with E-state index in [1.807, 2.05) is 60.2 Å². The molecule has 196 valence electrons. The molecule has 2 aromatic carbocycles. The summed E-state index contributed by atoms with van der Waals surface area (Å²) >= 11 is 0. The van der Waals surface area contributed by atoms with Crippen molar-refractivity contribution in [2.75, 3.05) is 47.5 Å². The Morgan fingerprint density at radius 3 is 2.68 bits per heavy atom. The van der Waals surface area contributed by atoms with Crippen molar-refractivity contribution in [2.45, 2.75) is 19.0 Å². The number of fused-ring (bicyclic) bond motifs is 1. The van der Waals surface area contributed by atoms with Crippen molar-refractivity contribution in [3.8, 4) is 12.3 Å². The lowest BCUT2D eigenvalue weighted by atomic mass is 10.1. The number of anilines is 4. The number of hydrogen-bond acceptors (Lipinski definition) is 7. The first-order valence-corrected chi connectivity index (χ1v) is 14.3. The third-order valence-corrected chi connectivity index (χ3v) is 8.15. The summed E-state index contributed by atoms with van der Waals surface area (Å²) in [7, 11) is -1.84. The molecule has 0 saturated carbocycles. The van der Waals surface area contributed by atoms with Crippen molar-refractivity contribution in [3.05, 3.63) is 72.6 Å². The molecule has 1 fully saturated rings. The maximum absolute atomic E-state index is 12.2. The molecule has 0 bridgehead atoms. The van der Waals surface area contributed by atoms with Gasteiger partial charge >= 0.3 is 0 Å². The zero-order chi connectivity index (χ0) is 26.9. The molecular formula is C28H31N7O2S. The average Bonchev–Trinajstić information content (AvgIpc) is 3.35. The molecule has 0 spiro atoms. The quantitative estimate of drug-likeness (QED) is 0.353. The molecule has 1 aliphatic rings. The number of sulfonamides is 1. The first kappa shape index (κ1) is 25.6. The van der Waals surface area contributed by atoms with Crippen molar-refractivity contribution < 1.29 is 8.42 Å². The van der Waals surface area contributed by atoms with Crippen LogP contribution in [0, 0.1) is 12.3 Å². The molecule has 9 nitrogen and oxygen atoms in total. The monoisotopic (exact) mass is 529 g/mol. The van der Waals surface area contributed by atoms with Crippen LogP contribution in [0.3, 0.4) is 0 Å². The number of nitrogens with zero attached hydrogens (tertiary/aromatic N) is 5. The second kappa shape index (κ2) is 10.4. The molecule has 2 atom stereocenters. The Balaban J connectivity index is 1.39. The summed E-state index contributed by atoms with van der Waals surface area (Å²) < 4.78 is 27.8. The molecule has 5 rings (SSSR count). The van der Waals surface area contributed by atoms with E-state index in [1.165, 1.54) is 10.6 Å². The van der Waals surface area contributed by atoms with E-state index in [-0.39, 0.29) is 12.1 Å². The maximum Gasteiger partial charge on any atom is 0.232 e. The summed E-state index contributed by atoms with van der Waals surface area (Å²) in [6.07, 6.45) is 10.5. The lowest BCUT2D eigenvalue weighted by Crippen LogP contribution is -2.50. The number of benzene rings is 2. The highest BCUT2D eigenvalue weighted by molar-refractivity contribution is 7.92. The van der Waals surface area contributed by atoms with E-state index in [0.29, 0.717) is 11.6 Å². The highest BCUT2D eigenvalue weighted by Gasteiger charge is 2.21. The van der Waals surface area contributed by atoms with Crippen LogP contribution in [0.5, 0.6) is 0 Å². The second-order valence-electron chi connectivity index (χ2n) is 9.45. The van der Waals surface area contributed by atoms with Gasteiger partial charge in [0.25, 0.3) is 0 Å². The Bertz CT molecular complexity index is 1590. The van der Waals surface area contributed by atoms with Crippen LogP contribution in [0.4, 0.5) is 23.0 Å². The summed E-state index contributed by atoms with van der Waals surface area (Å²) in [6.45, 7) is 4.57. The zero-order valence-corrected chi connectivity index (χ0v) is 22.5. The third-order valence-electron chi connectivity index (χ3n) is 6.96. The first-order valence-electron chi connectivity index (χ1n) is 12.4. The van der Waals surface area contributed by atoms with Crippen molar-refractivity contribution in [1.29, 1.82) is 0 Å². The lowest BCUT2D eigenvalue weighted by Gasteiger charge is -2.33. The minimum Gasteiger partial charge on any atom is -0.368 e. The molecule has 2 N–H and O–H groups in total. The van der Waals surface area contributed by atoms with Gasteiger partial charge in [0, 0.05) is 55.8 Å². The normalized spacial score (nSPS) is 16.7. The molecule has 4 aromatic rings. The van der Waals surface area contributed by atoms with E-state index < -0.39 is 10.0 Å². The van der Waals surface area contributed by atoms with Crippen LogP contribution in [0.25, 0.3) is 11.0 Å². The Labute approximate surface area is 223 Å². The number of rotatable bonds is 7. The van der Waals surface area contributed by atoms with Gasteiger partial charge in [-0.05, 0) is 48.9 Å². The Kier molecular flexibility index (Phi) is 6.97. The van der Waals surface area contributed by atoms with Gasteiger partial charge in [0.05, 0.1) is 24.0 Å². The predicted octanol–water partition coefficient (Wildman–Crippen LogP) is 3.59. The fraction of sp³-hybridized carbons (Fsp3) is 0.286. The third kappa shape index (κ3) is 5.16. The summed E-state index contributed by atoms with van der Waals surface area (Å²) in [5.74, 6) is 3.27. The maximum atomic E-state index is 12.2. The number of nitrogens with one attached hydrogen (secondary N) is 2. The Morgan fingerprint density at radius 1 is 1.18 bits per heavy atom. The Hall–Kier alpha value is -4.07. The van der Waals surface area contributed by atoms with Crippen LogP contribution in [-0.2, 0) is 10.0 Å². The second-order valence-corrected chi connectivity index (χ2v) is 11.5. The molecule has 0 radical (unpaired) electrons. The van der Waals surface area contributed by atoms with Crippen LogP contribution >= 0.6 is 0 Å². The van der Waals surface area contributed by atoms with Crippen molar-refractivity contribution >= 4 is 44.1 Å². The van der Waals surface area contributed by atoms with Crippen LogP contribution in [0.1, 0.15) is 18.5 Å². The Morgan fingerprint density at radius 2 is 1.95 bits per heavy atom. The van der Waals surface area contributed by atoms with Crippen LogP contribution in [0.2, 0.25) is 0 Å². The fourth-order valence-electron chi connectivity index (χ4n) is 4.75. The van der Waals surface area contributed by atoms with Gasteiger partial charge in [0.15, 0.2) is 0 Å². The van der Waals surface area contributed by atoms with Gasteiger partial charge in [-0.1, -0.05) is 24.1 Å². The summed E-state index contributed by atoms with van der Waals surface area (Å²) in [4.78, 5) is 11.6. The number of hydrogen-bond donors (Lipinski definition) is 2. The van der Waals surface area contributed by atoms with Gasteiger partial charge in [-0.2, -0.15) is 4.98 Å². The molecule has 1 saturated heterocycles. The standard InChI is InChI=1S/C28H31N7O2S/c1-5-22-19-34(17-15-29-22)24-12-10-23(11-13-24)31-28-30-18-21-14-16-35(27(21)32-28)20(2)25-8-6-7-9-26(25)33(3)38(4,36)37/h1,6-14,16,18,20,22,29H,15,17,19H2,2-4H3,(H,30,31,32). The fourth-order valence-corrected chi connectivity index (χ4v) is 5.27. The molecule has 1 aliphatic heterocycles. The molecule has 2 aromatic heterocycles. The SMILES string of the molecule is C#CC1CN(c2ccc(Nc3ncc4ccn(C(C)c5ccccc5N(C)S(C)(=O)=O)c4n3)cc2)CCN1. The highest BCUT2D eigenvalue weighted by Crippen LogP contribution is 2.32. The first-order chi connectivity index (χ1) is 18.2. The van der Waals surface area contributed by atoms with E-state index in [9.17, 15) is 8.42 Å². The largest absolute Gasteiger partial charge is 0.368 e. The zero-order valence-electron chi connectivity index (χ0n) is 21.7. The predicted molar refractivity (Wildman–Crippen MR) is 154 cm³/mol. The van der Waals surface area contributed by atoms with E-state index in [0.717, 1.165) is 47.6 Å². The van der Waals surface area contributed by atoms with Gasteiger partial charge in [-0.3, -0.25) is 4.31 Å². The van der Waals surface area contributed by atoms with Gasteiger partial charge in [0.2, 0.25) is 16.0 Å². The van der Waals surface area contributed by atoms with Crippen molar-refractivity contribution in [2.24, 2.45) is 0 Å². The van der Waals surface area contributed by atoms with Gasteiger partial charge in [-0.25, -0.2) is 13.4 Å². The smallest absolute Gasteiger partial charge is 0.232 e. The summed E-state index contributed by atoms with van der Waals surface area (Å²) in [5, 5.41) is 7.53. The van der Waals surface area contributed by atoms with Crippen molar-refractivity contribution in [1.82, 2.24) is 19.9 Å². The van der Waals surface area contributed by atoms with Gasteiger partial charge < -0.3 is 20.1 Å². The number of aromatic nitrogens is 3. The van der Waals surface area contributed by atoms with Gasteiger partial charge in [0.1, 0.15) is 5.65 Å². The molecule has 3 heterocycles. The van der Waals surface area contributed by atoms with Crippen LogP contribution in [0.15, 0.2) is 67.0 Å². The topological polar surface area (TPSA) is 95.4 Å². The van der Waals surface area contributed by atoms with E-state index in [4.69, 9.17) is 11.4 Å². The lowest BCUT2D eigenvalue weighted by molar-refractivity contribution is 0.528. The minimum atomic E-state index is -3.41. The molecule has 10 heteroatoms. The van der Waals surface area contributed by atoms with E-state index in [2.05, 4.69) is 38.6 Å². The number of terminal acetylenes is 1. The van der Waals surface area contributed by atoms with E-state index >= 15 is 0 Å². The molecule has 38 heavy (non-hydrogen) atoms. The van der Waals surface area contributed by atoms with Crippen LogP contribution < -0.4 is 19.8 Å². The summed E-state index contributed by atoms with van der Waals surface area (Å²) in [5.41, 5.74) is 4.26. The molecule has 0 amide bonds. The molecule has 0 aliphatic carbocycles. The average molecular weight is 530 g/mol. The molecule has 2 unspecified atom stereocenters. The van der Waals surface area contributed by atoms with E-state index in [1.54, 1.807) is 13.2 Å². The minimum absolute atomic E-state index is 0.0547. The number of piperazine rings is 1. The highest BCUT2D eigenvalue weighted by atomic mass is 32.2. The van der Waals surface area contributed by atoms with Gasteiger partial charge in [-0.15, -0.1) is 6.42 Å². The molecular weight excluding hydrogens is 498 g/mol. The number of para-hydroxylation sites is 1.